The van der Waals surface area contributed by atoms with Crippen molar-refractivity contribution in [3.63, 3.8) is 0 Å². The highest BCUT2D eigenvalue weighted by Gasteiger charge is 2.48. The monoisotopic (exact) mass is 439 g/mol. The molecule has 0 aromatic carbocycles. The largest absolute Gasteiger partial charge is 0.381 e. The Bertz CT molecular complexity index is 490. The molecule has 174 valence electrons. The Morgan fingerprint density at radius 3 is 1.97 bits per heavy atom. The van der Waals surface area contributed by atoms with Gasteiger partial charge in [-0.2, -0.15) is 0 Å². The van der Waals surface area contributed by atoms with Gasteiger partial charge in [0.15, 0.2) is 0 Å². The molecule has 30 heavy (non-hydrogen) atoms. The Morgan fingerprint density at radius 1 is 0.833 bits per heavy atom. The molecule has 1 saturated carbocycles. The Labute approximate surface area is 187 Å². The maximum Gasteiger partial charge on any atom is 0.259 e. The van der Waals surface area contributed by atoms with Crippen LogP contribution in [-0.4, -0.2) is 43.2 Å². The minimum Gasteiger partial charge on any atom is -0.381 e. The summed E-state index contributed by atoms with van der Waals surface area (Å²) in [5.74, 6) is 9.19. The first kappa shape index (κ1) is 26.1. The van der Waals surface area contributed by atoms with Crippen molar-refractivity contribution in [2.45, 2.75) is 104 Å². The fourth-order valence-electron chi connectivity index (χ4n) is 4.62. The van der Waals surface area contributed by atoms with Gasteiger partial charge in [-0.05, 0) is 77.6 Å². The van der Waals surface area contributed by atoms with Crippen LogP contribution >= 0.6 is 8.53 Å². The van der Waals surface area contributed by atoms with Crippen LogP contribution in [-0.2, 0) is 13.8 Å². The molecule has 0 radical (unpaired) electrons. The van der Waals surface area contributed by atoms with Crippen molar-refractivity contribution in [2.75, 3.05) is 26.4 Å². The first-order valence-electron chi connectivity index (χ1n) is 12.4. The normalized spacial score (nSPS) is 24.3. The summed E-state index contributed by atoms with van der Waals surface area (Å²) < 4.78 is 20.6. The molecule has 5 heteroatoms. The Balaban J connectivity index is 1.50. The van der Waals surface area contributed by atoms with Crippen molar-refractivity contribution in [3.8, 4) is 11.8 Å². The maximum absolute atomic E-state index is 6.20. The average Bonchev–Trinajstić information content (AvgIpc) is 3.32. The first-order chi connectivity index (χ1) is 14.6. The lowest BCUT2D eigenvalue weighted by Crippen LogP contribution is -2.33. The highest BCUT2D eigenvalue weighted by Crippen LogP contribution is 2.52. The van der Waals surface area contributed by atoms with Crippen LogP contribution in [0, 0.1) is 29.6 Å². The van der Waals surface area contributed by atoms with E-state index in [0.717, 1.165) is 76.3 Å². The third kappa shape index (κ3) is 9.13. The van der Waals surface area contributed by atoms with Crippen molar-refractivity contribution in [2.24, 2.45) is 17.8 Å². The zero-order valence-corrected chi connectivity index (χ0v) is 21.1. The number of hydrogen-bond acceptors (Lipinski definition) is 4. The lowest BCUT2D eigenvalue weighted by atomic mass is 10.1. The summed E-state index contributed by atoms with van der Waals surface area (Å²) >= 11 is 0. The van der Waals surface area contributed by atoms with Gasteiger partial charge in [-0.3, -0.25) is 0 Å². The zero-order chi connectivity index (χ0) is 21.8. The second-order valence-electron chi connectivity index (χ2n) is 9.38. The molecule has 0 saturated heterocycles. The number of hydrogen-bond donors (Lipinski definition) is 0. The average molecular weight is 440 g/mol. The van der Waals surface area contributed by atoms with Crippen molar-refractivity contribution >= 4 is 8.53 Å². The number of nitrogens with zero attached hydrogens (tertiary/aromatic N) is 1. The van der Waals surface area contributed by atoms with Crippen LogP contribution in [0.3, 0.4) is 0 Å². The second-order valence-corrected chi connectivity index (χ2v) is 10.8. The van der Waals surface area contributed by atoms with Crippen LogP contribution in [0.1, 0.15) is 92.4 Å². The lowest BCUT2D eigenvalue weighted by Gasteiger charge is -2.35. The van der Waals surface area contributed by atoms with E-state index in [1.165, 1.54) is 25.7 Å². The molecular weight excluding hydrogens is 393 g/mol. The fourth-order valence-corrected chi connectivity index (χ4v) is 6.34. The van der Waals surface area contributed by atoms with Crippen LogP contribution in [0.15, 0.2) is 0 Å². The summed E-state index contributed by atoms with van der Waals surface area (Å²) in [6.07, 6.45) is 10.5. The van der Waals surface area contributed by atoms with Crippen molar-refractivity contribution < 1.29 is 13.8 Å². The molecule has 0 aromatic heterocycles. The van der Waals surface area contributed by atoms with E-state index in [4.69, 9.17) is 13.8 Å². The Morgan fingerprint density at radius 2 is 1.40 bits per heavy atom. The molecule has 0 N–H and O–H groups in total. The topological polar surface area (TPSA) is 30.9 Å². The summed E-state index contributed by atoms with van der Waals surface area (Å²) in [7, 11) is -0.951. The van der Waals surface area contributed by atoms with Gasteiger partial charge in [-0.15, -0.1) is 11.8 Å². The molecule has 0 amide bonds. The number of ether oxygens (including phenoxy) is 1. The molecule has 0 aliphatic heterocycles. The Kier molecular flexibility index (Phi) is 12.9. The first-order valence-corrected chi connectivity index (χ1v) is 13.6. The third-order valence-corrected chi connectivity index (χ3v) is 8.29. The van der Waals surface area contributed by atoms with E-state index in [1.54, 1.807) is 0 Å². The van der Waals surface area contributed by atoms with Crippen molar-refractivity contribution in [1.29, 1.82) is 0 Å². The van der Waals surface area contributed by atoms with Gasteiger partial charge in [-0.1, -0.05) is 19.8 Å². The Hall–Kier alpha value is -0.170. The quantitative estimate of drug-likeness (QED) is 0.150. The molecular formula is C25H46NO3P. The highest BCUT2D eigenvalue weighted by atomic mass is 31.2. The minimum absolute atomic E-state index is 0.432. The number of unbranched alkanes of at least 4 members (excludes halogenated alkanes) is 3. The van der Waals surface area contributed by atoms with E-state index in [0.29, 0.717) is 12.1 Å². The highest BCUT2D eigenvalue weighted by molar-refractivity contribution is 7.44. The summed E-state index contributed by atoms with van der Waals surface area (Å²) in [5, 5.41) is 0. The second kappa shape index (κ2) is 14.8. The maximum atomic E-state index is 6.20. The van der Waals surface area contributed by atoms with Crippen LogP contribution in [0.5, 0.6) is 0 Å². The standard InChI is InChI=1S/C25H46NO3P/c1-6-17-28-30(26(21(2)3)22(4)5)29-19-14-10-9-13-18-27-20-25-23-15-11-7-8-12-16-24(23)25/h21-25H,6,9-20H2,1-5H3/t23-,24+,25?,30?. The van der Waals surface area contributed by atoms with Crippen molar-refractivity contribution in [1.82, 2.24) is 4.67 Å². The number of fused-ring (bicyclic) bond motifs is 1. The summed E-state index contributed by atoms with van der Waals surface area (Å²) in [5.41, 5.74) is 0. The van der Waals surface area contributed by atoms with Gasteiger partial charge in [0.2, 0.25) is 0 Å². The van der Waals surface area contributed by atoms with E-state index in [9.17, 15) is 0 Å². The van der Waals surface area contributed by atoms with Gasteiger partial charge >= 0.3 is 0 Å². The molecule has 2 rings (SSSR count). The summed E-state index contributed by atoms with van der Waals surface area (Å²) in [6.45, 7) is 14.5. The number of rotatable bonds is 16. The van der Waals surface area contributed by atoms with Gasteiger partial charge < -0.3 is 13.8 Å². The van der Waals surface area contributed by atoms with Gasteiger partial charge in [0.25, 0.3) is 8.53 Å². The van der Waals surface area contributed by atoms with Gasteiger partial charge in [0, 0.05) is 38.1 Å². The third-order valence-electron chi connectivity index (χ3n) is 6.19. The molecule has 0 aromatic rings. The molecule has 0 heterocycles. The molecule has 4 nitrogen and oxygen atoms in total. The van der Waals surface area contributed by atoms with Gasteiger partial charge in [-0.25, -0.2) is 4.67 Å². The van der Waals surface area contributed by atoms with E-state index in [-0.39, 0.29) is 0 Å². The molecule has 2 aliphatic rings. The predicted octanol–water partition coefficient (Wildman–Crippen LogP) is 6.79. The van der Waals surface area contributed by atoms with Crippen molar-refractivity contribution in [3.05, 3.63) is 0 Å². The van der Waals surface area contributed by atoms with E-state index in [2.05, 4.69) is 51.1 Å². The summed E-state index contributed by atoms with van der Waals surface area (Å²) in [6, 6.07) is 0.864. The van der Waals surface area contributed by atoms with Crippen LogP contribution in [0.2, 0.25) is 0 Å². The predicted molar refractivity (Wildman–Crippen MR) is 127 cm³/mol. The van der Waals surface area contributed by atoms with E-state index >= 15 is 0 Å². The lowest BCUT2D eigenvalue weighted by molar-refractivity contribution is 0.113. The zero-order valence-electron chi connectivity index (χ0n) is 20.2. The van der Waals surface area contributed by atoms with Crippen LogP contribution in [0.4, 0.5) is 0 Å². The van der Waals surface area contributed by atoms with Crippen LogP contribution in [0.25, 0.3) is 0 Å². The molecule has 1 fully saturated rings. The molecule has 0 bridgehead atoms. The summed E-state index contributed by atoms with van der Waals surface area (Å²) in [4.78, 5) is 0. The van der Waals surface area contributed by atoms with Crippen LogP contribution < -0.4 is 0 Å². The molecule has 2 aliphatic carbocycles. The SMILES string of the molecule is CCCOP(OCCCCCCOCC1[C@H]2CCC#CCC[C@@H]12)N(C(C)C)C(C)C. The molecule has 4 atom stereocenters. The fraction of sp³-hybridized carbons (Fsp3) is 0.920. The minimum atomic E-state index is -0.951. The van der Waals surface area contributed by atoms with Gasteiger partial charge in [0.05, 0.1) is 13.2 Å². The van der Waals surface area contributed by atoms with Gasteiger partial charge in [0.1, 0.15) is 0 Å². The molecule has 0 spiro atoms. The smallest absolute Gasteiger partial charge is 0.259 e. The van der Waals surface area contributed by atoms with E-state index in [1.807, 2.05) is 0 Å². The molecule has 2 unspecified atom stereocenters. The van der Waals surface area contributed by atoms with E-state index < -0.39 is 8.53 Å².